The molecule has 40 heavy (non-hydrogen) atoms. The summed E-state index contributed by atoms with van der Waals surface area (Å²) in [5.74, 6) is -0.203. The zero-order chi connectivity index (χ0) is 29.3. The van der Waals surface area contributed by atoms with Gasteiger partial charge in [-0.25, -0.2) is 8.42 Å². The lowest BCUT2D eigenvalue weighted by molar-refractivity contribution is -0.140. The molecular weight excluding hydrogens is 530 g/mol. The summed E-state index contributed by atoms with van der Waals surface area (Å²) in [6.45, 7) is 3.72. The molecule has 10 heteroatoms. The van der Waals surface area contributed by atoms with Crippen LogP contribution in [-0.2, 0) is 32.6 Å². The highest BCUT2D eigenvalue weighted by Gasteiger charge is 2.33. The van der Waals surface area contributed by atoms with E-state index in [0.29, 0.717) is 12.3 Å². The monoisotopic (exact) mass is 567 g/mol. The van der Waals surface area contributed by atoms with Gasteiger partial charge in [0, 0.05) is 25.6 Å². The molecule has 0 radical (unpaired) electrons. The number of nitrogens with one attached hydrogen (secondary N) is 1. The van der Waals surface area contributed by atoms with E-state index in [2.05, 4.69) is 5.32 Å². The maximum absolute atomic E-state index is 14.1. The number of hydrogen-bond donors (Lipinski definition) is 1. The minimum absolute atomic E-state index is 0.112. The lowest BCUT2D eigenvalue weighted by atomic mass is 10.0. The summed E-state index contributed by atoms with van der Waals surface area (Å²) < 4.78 is 37.8. The van der Waals surface area contributed by atoms with Crippen LogP contribution >= 0.6 is 0 Å². The Kier molecular flexibility index (Phi) is 10.6. The maximum atomic E-state index is 14.1. The van der Waals surface area contributed by atoms with Gasteiger partial charge in [-0.1, -0.05) is 60.2 Å². The molecule has 0 aliphatic carbocycles. The zero-order valence-corrected chi connectivity index (χ0v) is 24.4. The zero-order valence-electron chi connectivity index (χ0n) is 23.6. The molecule has 0 unspecified atom stereocenters. The van der Waals surface area contributed by atoms with E-state index in [1.165, 1.54) is 25.2 Å². The third-order valence-corrected chi connectivity index (χ3v) is 7.56. The molecule has 0 fully saturated rings. The van der Waals surface area contributed by atoms with Crippen LogP contribution in [0, 0.1) is 6.92 Å². The first kappa shape index (κ1) is 30.5. The molecule has 3 rings (SSSR count). The van der Waals surface area contributed by atoms with Gasteiger partial charge in [0.05, 0.1) is 26.2 Å². The minimum atomic E-state index is -3.95. The van der Waals surface area contributed by atoms with Gasteiger partial charge in [-0.15, -0.1) is 0 Å². The number of sulfonamides is 1. The topological polar surface area (TPSA) is 105 Å². The van der Waals surface area contributed by atoms with Crippen LogP contribution in [0.1, 0.15) is 23.6 Å². The number of nitrogens with zero attached hydrogens (tertiary/aromatic N) is 2. The molecular formula is C30H37N3O6S. The maximum Gasteiger partial charge on any atom is 0.244 e. The van der Waals surface area contributed by atoms with Gasteiger partial charge in [-0.05, 0) is 37.1 Å². The van der Waals surface area contributed by atoms with Crippen LogP contribution in [0.2, 0.25) is 0 Å². The number of rotatable bonds is 13. The average molecular weight is 568 g/mol. The molecule has 0 aliphatic heterocycles. The molecule has 0 aromatic heterocycles. The molecule has 9 nitrogen and oxygen atoms in total. The second-order valence-electron chi connectivity index (χ2n) is 9.41. The summed E-state index contributed by atoms with van der Waals surface area (Å²) in [5.41, 5.74) is 2.89. The molecule has 0 bridgehead atoms. The van der Waals surface area contributed by atoms with E-state index in [9.17, 15) is 18.0 Å². The Balaban J connectivity index is 2.08. The van der Waals surface area contributed by atoms with Crippen LogP contribution in [0.25, 0.3) is 0 Å². The van der Waals surface area contributed by atoms with Gasteiger partial charge in [-0.3, -0.25) is 13.9 Å². The van der Waals surface area contributed by atoms with Crippen molar-refractivity contribution < 1.29 is 27.5 Å². The van der Waals surface area contributed by atoms with Crippen LogP contribution in [-0.4, -0.2) is 64.7 Å². The minimum Gasteiger partial charge on any atom is -0.497 e. The summed E-state index contributed by atoms with van der Waals surface area (Å²) in [5, 5.41) is 2.84. The van der Waals surface area contributed by atoms with Gasteiger partial charge in [-0.2, -0.15) is 0 Å². The predicted octanol–water partition coefficient (Wildman–Crippen LogP) is 3.55. The summed E-state index contributed by atoms with van der Waals surface area (Å²) in [7, 11) is -1.07. The molecule has 2 amide bonds. The predicted molar refractivity (Wildman–Crippen MR) is 156 cm³/mol. The molecule has 0 heterocycles. The van der Waals surface area contributed by atoms with E-state index >= 15 is 0 Å². The highest BCUT2D eigenvalue weighted by Crippen LogP contribution is 2.34. The van der Waals surface area contributed by atoms with Crippen molar-refractivity contribution in [2.24, 2.45) is 0 Å². The first-order chi connectivity index (χ1) is 19.1. The third kappa shape index (κ3) is 7.98. The SMILES string of the molecule is CCNC(=O)[C@@H](Cc1ccccc1)N(Cc1ccc(C)cc1)C(=O)CN(c1cc(OC)ccc1OC)S(C)(=O)=O. The van der Waals surface area contributed by atoms with Gasteiger partial charge >= 0.3 is 0 Å². The highest BCUT2D eigenvalue weighted by molar-refractivity contribution is 7.92. The molecule has 1 atom stereocenters. The Hall–Kier alpha value is -4.05. The normalized spacial score (nSPS) is 11.8. The second-order valence-corrected chi connectivity index (χ2v) is 11.3. The molecule has 214 valence electrons. The lowest BCUT2D eigenvalue weighted by Crippen LogP contribution is -2.53. The first-order valence-corrected chi connectivity index (χ1v) is 14.8. The molecule has 0 aliphatic rings. The van der Waals surface area contributed by atoms with Crippen LogP contribution in [0.15, 0.2) is 72.8 Å². The van der Waals surface area contributed by atoms with Crippen molar-refractivity contribution in [3.05, 3.63) is 89.5 Å². The fourth-order valence-corrected chi connectivity index (χ4v) is 5.17. The van der Waals surface area contributed by atoms with E-state index in [0.717, 1.165) is 27.3 Å². The van der Waals surface area contributed by atoms with Gasteiger partial charge in [0.1, 0.15) is 24.1 Å². The summed E-state index contributed by atoms with van der Waals surface area (Å²) >= 11 is 0. The van der Waals surface area contributed by atoms with E-state index in [1.807, 2.05) is 68.4 Å². The van der Waals surface area contributed by atoms with Crippen molar-refractivity contribution in [2.75, 3.05) is 37.9 Å². The number of ether oxygens (including phenoxy) is 2. The quantitative estimate of drug-likeness (QED) is 0.339. The molecule has 3 aromatic rings. The van der Waals surface area contributed by atoms with Gasteiger partial charge in [0.25, 0.3) is 0 Å². The number of anilines is 1. The Bertz CT molecular complexity index is 1390. The van der Waals surface area contributed by atoms with E-state index in [-0.39, 0.29) is 30.3 Å². The van der Waals surface area contributed by atoms with Crippen LogP contribution in [0.3, 0.4) is 0 Å². The summed E-state index contributed by atoms with van der Waals surface area (Å²) in [6.07, 6.45) is 1.28. The molecule has 1 N–H and O–H groups in total. The number of amides is 2. The number of carbonyl (C=O) groups excluding carboxylic acids is 2. The van der Waals surface area contributed by atoms with Crippen molar-refractivity contribution in [3.8, 4) is 11.5 Å². The van der Waals surface area contributed by atoms with E-state index in [1.54, 1.807) is 12.1 Å². The van der Waals surface area contributed by atoms with E-state index < -0.39 is 28.5 Å². The number of hydrogen-bond acceptors (Lipinski definition) is 6. The molecule has 0 saturated carbocycles. The van der Waals surface area contributed by atoms with Gasteiger partial charge < -0.3 is 19.7 Å². The van der Waals surface area contributed by atoms with Crippen molar-refractivity contribution in [3.63, 3.8) is 0 Å². The van der Waals surface area contributed by atoms with Crippen molar-refractivity contribution in [1.29, 1.82) is 0 Å². The van der Waals surface area contributed by atoms with Crippen molar-refractivity contribution in [2.45, 2.75) is 32.9 Å². The van der Waals surface area contributed by atoms with Crippen molar-refractivity contribution in [1.82, 2.24) is 10.2 Å². The molecule has 0 spiro atoms. The van der Waals surface area contributed by atoms with Gasteiger partial charge in [0.2, 0.25) is 21.8 Å². The third-order valence-electron chi connectivity index (χ3n) is 6.43. The summed E-state index contributed by atoms with van der Waals surface area (Å²) in [6, 6.07) is 20.9. The Labute approximate surface area is 236 Å². The molecule has 3 aromatic carbocycles. The standard InChI is InChI=1S/C30H37N3O6S/c1-6-31-30(35)27(18-23-10-8-7-9-11-23)32(20-24-14-12-22(2)13-15-24)29(34)21-33(40(5,36)37)26-19-25(38-3)16-17-28(26)39-4/h7-17,19,27H,6,18,20-21H2,1-5H3,(H,31,35)/t27-/m1/s1. The smallest absolute Gasteiger partial charge is 0.244 e. The first-order valence-electron chi connectivity index (χ1n) is 12.9. The number of benzene rings is 3. The van der Waals surface area contributed by atoms with E-state index in [4.69, 9.17) is 9.47 Å². The van der Waals surface area contributed by atoms with Crippen molar-refractivity contribution >= 4 is 27.5 Å². The summed E-state index contributed by atoms with van der Waals surface area (Å²) in [4.78, 5) is 29.0. The van der Waals surface area contributed by atoms with Gasteiger partial charge in [0.15, 0.2) is 0 Å². The fourth-order valence-electron chi connectivity index (χ4n) is 4.32. The Morgan fingerprint density at radius 3 is 2.17 bits per heavy atom. The molecule has 0 saturated heterocycles. The average Bonchev–Trinajstić information content (AvgIpc) is 2.94. The number of likely N-dealkylation sites (N-methyl/N-ethyl adjacent to an activating group) is 1. The van der Waals surface area contributed by atoms with Crippen LogP contribution in [0.5, 0.6) is 11.5 Å². The number of carbonyl (C=O) groups is 2. The Morgan fingerprint density at radius 1 is 0.925 bits per heavy atom. The Morgan fingerprint density at radius 2 is 1.60 bits per heavy atom. The number of methoxy groups -OCH3 is 2. The largest absolute Gasteiger partial charge is 0.497 e. The number of aryl methyl sites for hydroxylation is 1. The lowest BCUT2D eigenvalue weighted by Gasteiger charge is -2.33. The fraction of sp³-hybridized carbons (Fsp3) is 0.333. The van der Waals surface area contributed by atoms with Crippen LogP contribution in [0.4, 0.5) is 5.69 Å². The van der Waals surface area contributed by atoms with Crippen LogP contribution < -0.4 is 19.1 Å². The second kappa shape index (κ2) is 13.8. The highest BCUT2D eigenvalue weighted by atomic mass is 32.2.